The number of hydrogen-bond acceptors (Lipinski definition) is 3. The number of unbranched alkanes of at least 4 members (excludes halogenated alkanes) is 1. The predicted octanol–water partition coefficient (Wildman–Crippen LogP) is 5.62. The summed E-state index contributed by atoms with van der Waals surface area (Å²) in [5, 5.41) is 2.99. The molecule has 0 aliphatic carbocycles. The number of nitrogens with one attached hydrogen (secondary N) is 1. The first kappa shape index (κ1) is 26.5. The zero-order chi connectivity index (χ0) is 24.9. The van der Waals surface area contributed by atoms with E-state index in [1.807, 2.05) is 60.7 Å². The van der Waals surface area contributed by atoms with Gasteiger partial charge in [-0.2, -0.15) is 0 Å². The predicted molar refractivity (Wildman–Crippen MR) is 141 cm³/mol. The topological polar surface area (TPSA) is 49.4 Å². The monoisotopic (exact) mass is 492 g/mol. The Morgan fingerprint density at radius 1 is 0.914 bits per heavy atom. The Hall–Kier alpha value is -3.12. The fraction of sp³-hybridized carbons (Fsp3) is 0.310. The van der Waals surface area contributed by atoms with Crippen molar-refractivity contribution in [2.24, 2.45) is 0 Å². The average Bonchev–Trinajstić information content (AvgIpc) is 2.88. The van der Waals surface area contributed by atoms with Crippen LogP contribution in [0.5, 0.6) is 0 Å². The summed E-state index contributed by atoms with van der Waals surface area (Å²) in [5.74, 6) is 0.121. The third-order valence-corrected chi connectivity index (χ3v) is 6.72. The number of amides is 2. The highest BCUT2D eigenvalue weighted by molar-refractivity contribution is 7.99. The second-order valence-corrected chi connectivity index (χ2v) is 9.43. The highest BCUT2D eigenvalue weighted by atomic mass is 32.2. The molecule has 2 amide bonds. The minimum absolute atomic E-state index is 0.0378. The van der Waals surface area contributed by atoms with E-state index >= 15 is 0 Å². The normalized spacial score (nSPS) is 11.6. The Kier molecular flexibility index (Phi) is 10.8. The van der Waals surface area contributed by atoms with Gasteiger partial charge in [0.05, 0.1) is 5.75 Å². The number of carbonyl (C=O) groups is 2. The summed E-state index contributed by atoms with van der Waals surface area (Å²) in [6.45, 7) is 2.65. The Labute approximate surface area is 211 Å². The minimum Gasteiger partial charge on any atom is -0.354 e. The van der Waals surface area contributed by atoms with E-state index < -0.39 is 6.04 Å². The van der Waals surface area contributed by atoms with Gasteiger partial charge in [0.25, 0.3) is 0 Å². The SMILES string of the molecule is CCCCNC(=O)C(Cc1ccccc1)N(Cc1ccccc1F)C(=O)CSCc1ccccc1. The summed E-state index contributed by atoms with van der Waals surface area (Å²) in [4.78, 5) is 28.4. The maximum Gasteiger partial charge on any atom is 0.243 e. The number of halogens is 1. The number of thioether (sulfide) groups is 1. The van der Waals surface area contributed by atoms with Crippen molar-refractivity contribution in [3.63, 3.8) is 0 Å². The van der Waals surface area contributed by atoms with Gasteiger partial charge >= 0.3 is 0 Å². The van der Waals surface area contributed by atoms with E-state index in [0.29, 0.717) is 24.3 Å². The van der Waals surface area contributed by atoms with Crippen LogP contribution in [0.25, 0.3) is 0 Å². The van der Waals surface area contributed by atoms with Crippen LogP contribution >= 0.6 is 11.8 Å². The molecule has 1 unspecified atom stereocenters. The smallest absolute Gasteiger partial charge is 0.243 e. The average molecular weight is 493 g/mol. The molecule has 0 fully saturated rings. The molecule has 0 aliphatic heterocycles. The summed E-state index contributed by atoms with van der Waals surface area (Å²) < 4.78 is 14.6. The molecule has 1 atom stereocenters. The lowest BCUT2D eigenvalue weighted by Gasteiger charge is -2.31. The lowest BCUT2D eigenvalue weighted by molar-refractivity contribution is -0.139. The molecular weight excluding hydrogens is 459 g/mol. The van der Waals surface area contributed by atoms with Gasteiger partial charge in [-0.25, -0.2) is 4.39 Å². The van der Waals surface area contributed by atoms with Crippen molar-refractivity contribution in [1.82, 2.24) is 10.2 Å². The molecule has 1 N–H and O–H groups in total. The number of carbonyl (C=O) groups excluding carboxylic acids is 2. The number of hydrogen-bond donors (Lipinski definition) is 1. The maximum absolute atomic E-state index is 14.6. The van der Waals surface area contributed by atoms with Crippen molar-refractivity contribution in [2.45, 2.75) is 44.5 Å². The second-order valence-electron chi connectivity index (χ2n) is 8.44. The molecule has 0 saturated heterocycles. The van der Waals surface area contributed by atoms with E-state index in [1.165, 1.54) is 17.8 Å². The standard InChI is InChI=1S/C29H33FN2O2S/c1-2-3-18-31-29(34)27(19-23-12-6-4-7-13-23)32(20-25-16-10-11-17-26(25)30)28(33)22-35-21-24-14-8-5-9-15-24/h4-17,27H,2-3,18-22H2,1H3,(H,31,34). The Morgan fingerprint density at radius 3 is 2.20 bits per heavy atom. The van der Waals surface area contributed by atoms with Crippen LogP contribution in [0.15, 0.2) is 84.9 Å². The quantitative estimate of drug-likeness (QED) is 0.315. The Morgan fingerprint density at radius 2 is 1.54 bits per heavy atom. The third-order valence-electron chi connectivity index (χ3n) is 5.74. The van der Waals surface area contributed by atoms with Crippen LogP contribution < -0.4 is 5.32 Å². The van der Waals surface area contributed by atoms with Gasteiger partial charge in [-0.05, 0) is 23.6 Å². The van der Waals surface area contributed by atoms with E-state index in [1.54, 1.807) is 23.1 Å². The molecule has 3 aromatic carbocycles. The Balaban J connectivity index is 1.84. The molecule has 0 aromatic heterocycles. The van der Waals surface area contributed by atoms with Crippen LogP contribution in [0.2, 0.25) is 0 Å². The number of nitrogens with zero attached hydrogens (tertiary/aromatic N) is 1. The molecule has 0 spiro atoms. The highest BCUT2D eigenvalue weighted by Crippen LogP contribution is 2.19. The lowest BCUT2D eigenvalue weighted by Crippen LogP contribution is -2.51. The number of benzene rings is 3. The van der Waals surface area contributed by atoms with Crippen molar-refractivity contribution in [3.05, 3.63) is 107 Å². The molecular formula is C29H33FN2O2S. The van der Waals surface area contributed by atoms with Crippen molar-refractivity contribution >= 4 is 23.6 Å². The van der Waals surface area contributed by atoms with E-state index in [4.69, 9.17) is 0 Å². The van der Waals surface area contributed by atoms with Gasteiger partial charge in [-0.3, -0.25) is 9.59 Å². The summed E-state index contributed by atoms with van der Waals surface area (Å²) in [6, 6.07) is 25.3. The van der Waals surface area contributed by atoms with E-state index in [-0.39, 0.29) is 29.9 Å². The largest absolute Gasteiger partial charge is 0.354 e. The lowest BCUT2D eigenvalue weighted by atomic mass is 10.0. The molecule has 6 heteroatoms. The molecule has 0 radical (unpaired) electrons. The van der Waals surface area contributed by atoms with Crippen LogP contribution in [0.1, 0.15) is 36.5 Å². The van der Waals surface area contributed by atoms with Crippen LogP contribution in [-0.2, 0) is 28.3 Å². The van der Waals surface area contributed by atoms with E-state index in [0.717, 1.165) is 24.0 Å². The molecule has 3 rings (SSSR count). The van der Waals surface area contributed by atoms with Gasteiger partial charge in [0.1, 0.15) is 11.9 Å². The first-order valence-electron chi connectivity index (χ1n) is 12.0. The molecule has 184 valence electrons. The molecule has 0 bridgehead atoms. The van der Waals surface area contributed by atoms with Crippen molar-refractivity contribution in [2.75, 3.05) is 12.3 Å². The summed E-state index contributed by atoms with van der Waals surface area (Å²) in [5.41, 5.74) is 2.48. The molecule has 0 heterocycles. The van der Waals surface area contributed by atoms with Crippen molar-refractivity contribution in [3.8, 4) is 0 Å². The molecule has 0 aliphatic rings. The molecule has 35 heavy (non-hydrogen) atoms. The van der Waals surface area contributed by atoms with E-state index in [9.17, 15) is 14.0 Å². The summed E-state index contributed by atoms with van der Waals surface area (Å²) in [7, 11) is 0. The zero-order valence-electron chi connectivity index (χ0n) is 20.2. The van der Waals surface area contributed by atoms with Gasteiger partial charge in [-0.1, -0.05) is 92.2 Å². The third kappa shape index (κ3) is 8.55. The van der Waals surface area contributed by atoms with Gasteiger partial charge in [-0.15, -0.1) is 11.8 Å². The molecule has 3 aromatic rings. The molecule has 4 nitrogen and oxygen atoms in total. The van der Waals surface area contributed by atoms with Crippen molar-refractivity contribution in [1.29, 1.82) is 0 Å². The van der Waals surface area contributed by atoms with Crippen LogP contribution in [0.4, 0.5) is 4.39 Å². The first-order valence-corrected chi connectivity index (χ1v) is 13.2. The van der Waals surface area contributed by atoms with E-state index in [2.05, 4.69) is 12.2 Å². The second kappa shape index (κ2) is 14.3. The van der Waals surface area contributed by atoms with Crippen LogP contribution in [-0.4, -0.2) is 35.1 Å². The Bertz CT molecular complexity index is 1060. The van der Waals surface area contributed by atoms with Crippen molar-refractivity contribution < 1.29 is 14.0 Å². The summed E-state index contributed by atoms with van der Waals surface area (Å²) in [6.07, 6.45) is 2.18. The van der Waals surface area contributed by atoms with Crippen LogP contribution in [0, 0.1) is 5.82 Å². The van der Waals surface area contributed by atoms with Gasteiger partial charge in [0.2, 0.25) is 11.8 Å². The van der Waals surface area contributed by atoms with Crippen LogP contribution in [0.3, 0.4) is 0 Å². The van der Waals surface area contributed by atoms with Gasteiger partial charge in [0.15, 0.2) is 0 Å². The molecule has 0 saturated carbocycles. The van der Waals surface area contributed by atoms with Gasteiger partial charge in [0, 0.05) is 30.8 Å². The fourth-order valence-corrected chi connectivity index (χ4v) is 4.65. The number of rotatable bonds is 13. The first-order chi connectivity index (χ1) is 17.1. The zero-order valence-corrected chi connectivity index (χ0v) is 21.0. The fourth-order valence-electron chi connectivity index (χ4n) is 3.78. The van der Waals surface area contributed by atoms with Gasteiger partial charge < -0.3 is 10.2 Å². The minimum atomic E-state index is -0.737. The highest BCUT2D eigenvalue weighted by Gasteiger charge is 2.30. The maximum atomic E-state index is 14.6. The summed E-state index contributed by atoms with van der Waals surface area (Å²) >= 11 is 1.50.